The maximum atomic E-state index is 12.5. The molecule has 0 saturated heterocycles. The molecule has 2 aliphatic rings. The number of likely N-dealkylation sites (N-methyl/N-ethyl adjacent to an activating group) is 1. The SMILES string of the molecule is CC1Oc2ccc(-n3c(N)c4c(cc3=O)C(=O)NC4=O)cc2N(C)C1=O. The Kier molecular flexibility index (Phi) is 3.17. The number of benzene rings is 1. The predicted molar refractivity (Wildman–Crippen MR) is 91.7 cm³/mol. The number of nitrogens with one attached hydrogen (secondary N) is 1. The Bertz CT molecular complexity index is 1070. The smallest absolute Gasteiger partial charge is 0.267 e. The van der Waals surface area contributed by atoms with Crippen LogP contribution in [0.1, 0.15) is 27.6 Å². The maximum Gasteiger partial charge on any atom is 0.267 e. The number of rotatable bonds is 1. The first-order valence-corrected chi connectivity index (χ1v) is 7.79. The molecule has 26 heavy (non-hydrogen) atoms. The van der Waals surface area contributed by atoms with Crippen molar-refractivity contribution in [2.24, 2.45) is 0 Å². The van der Waals surface area contributed by atoms with E-state index in [-0.39, 0.29) is 22.9 Å². The number of ether oxygens (including phenoxy) is 1. The zero-order chi connectivity index (χ0) is 18.7. The van der Waals surface area contributed by atoms with Crippen LogP contribution >= 0.6 is 0 Å². The van der Waals surface area contributed by atoms with Gasteiger partial charge in [0, 0.05) is 13.1 Å². The Balaban J connectivity index is 1.92. The lowest BCUT2D eigenvalue weighted by molar-refractivity contribution is -0.125. The summed E-state index contributed by atoms with van der Waals surface area (Å²) in [7, 11) is 1.60. The number of pyridine rings is 1. The molecule has 1 aromatic heterocycles. The van der Waals surface area contributed by atoms with Crippen LogP contribution in [-0.2, 0) is 4.79 Å². The van der Waals surface area contributed by atoms with Crippen LogP contribution in [0.5, 0.6) is 5.75 Å². The number of amides is 3. The summed E-state index contributed by atoms with van der Waals surface area (Å²) in [6, 6.07) is 5.85. The molecule has 9 nitrogen and oxygen atoms in total. The molecule has 3 heterocycles. The van der Waals surface area contributed by atoms with Crippen LogP contribution in [0.3, 0.4) is 0 Å². The molecule has 0 saturated carbocycles. The van der Waals surface area contributed by atoms with Gasteiger partial charge in [-0.3, -0.25) is 29.1 Å². The molecule has 0 fully saturated rings. The molecule has 1 unspecified atom stereocenters. The minimum atomic E-state index is -0.654. The van der Waals surface area contributed by atoms with Crippen LogP contribution in [-0.4, -0.2) is 35.4 Å². The van der Waals surface area contributed by atoms with Crippen LogP contribution in [0, 0.1) is 0 Å². The monoisotopic (exact) mass is 354 g/mol. The molecule has 9 heteroatoms. The standard InChI is InChI=1S/C17H14N4O5/c1-7-17(25)20(2)10-5-8(3-4-11(10)26-7)21-12(22)6-9-13(14(21)18)16(24)19-15(9)23/h3-7H,18H2,1-2H3,(H,19,23,24). The van der Waals surface area contributed by atoms with Crippen molar-refractivity contribution >= 4 is 29.2 Å². The summed E-state index contributed by atoms with van der Waals surface area (Å²) in [6.45, 7) is 1.65. The molecule has 3 N–H and O–H groups in total. The average molecular weight is 354 g/mol. The fourth-order valence-corrected chi connectivity index (χ4v) is 3.18. The highest BCUT2D eigenvalue weighted by Crippen LogP contribution is 2.35. The van der Waals surface area contributed by atoms with Gasteiger partial charge < -0.3 is 15.4 Å². The van der Waals surface area contributed by atoms with E-state index in [1.165, 1.54) is 4.90 Å². The van der Waals surface area contributed by atoms with E-state index < -0.39 is 23.5 Å². The van der Waals surface area contributed by atoms with Gasteiger partial charge in [-0.1, -0.05) is 0 Å². The molecule has 1 atom stereocenters. The van der Waals surface area contributed by atoms with Crippen LogP contribution in [0.25, 0.3) is 5.69 Å². The van der Waals surface area contributed by atoms with Gasteiger partial charge >= 0.3 is 0 Å². The predicted octanol–water partition coefficient (Wildman–Crippen LogP) is 0.0470. The quantitative estimate of drug-likeness (QED) is 0.697. The highest BCUT2D eigenvalue weighted by Gasteiger charge is 2.33. The summed E-state index contributed by atoms with van der Waals surface area (Å²) < 4.78 is 6.67. The number of hydrogen-bond donors (Lipinski definition) is 2. The minimum absolute atomic E-state index is 0.0402. The lowest BCUT2D eigenvalue weighted by Gasteiger charge is -2.30. The third-order valence-corrected chi connectivity index (χ3v) is 4.50. The molecule has 2 aromatic rings. The summed E-state index contributed by atoms with van der Waals surface area (Å²) in [5.41, 5.74) is 6.18. The number of imide groups is 1. The van der Waals surface area contributed by atoms with Gasteiger partial charge in [0.15, 0.2) is 6.10 Å². The Labute approximate surface area is 147 Å². The normalized spacial score (nSPS) is 18.3. The van der Waals surface area contributed by atoms with Gasteiger partial charge in [-0.2, -0.15) is 0 Å². The molecule has 0 bridgehead atoms. The number of fused-ring (bicyclic) bond motifs is 2. The van der Waals surface area contributed by atoms with Gasteiger partial charge in [-0.05, 0) is 25.1 Å². The van der Waals surface area contributed by atoms with Crippen molar-refractivity contribution < 1.29 is 19.1 Å². The van der Waals surface area contributed by atoms with Crippen molar-refractivity contribution in [3.8, 4) is 11.4 Å². The summed E-state index contributed by atoms with van der Waals surface area (Å²) in [4.78, 5) is 49.7. The fourth-order valence-electron chi connectivity index (χ4n) is 3.18. The van der Waals surface area contributed by atoms with Gasteiger partial charge in [0.2, 0.25) is 0 Å². The Morgan fingerprint density at radius 1 is 1.12 bits per heavy atom. The lowest BCUT2D eigenvalue weighted by Crippen LogP contribution is -2.42. The number of hydrogen-bond acceptors (Lipinski definition) is 6. The minimum Gasteiger partial charge on any atom is -0.479 e. The number of carbonyl (C=O) groups excluding carboxylic acids is 3. The second-order valence-electron chi connectivity index (χ2n) is 6.08. The first kappa shape index (κ1) is 15.9. The number of aromatic nitrogens is 1. The van der Waals surface area contributed by atoms with Crippen molar-refractivity contribution in [2.45, 2.75) is 13.0 Å². The van der Waals surface area contributed by atoms with Gasteiger partial charge in [0.1, 0.15) is 11.6 Å². The first-order chi connectivity index (χ1) is 12.3. The van der Waals surface area contributed by atoms with Crippen molar-refractivity contribution in [1.82, 2.24) is 9.88 Å². The van der Waals surface area contributed by atoms with Gasteiger partial charge in [0.05, 0.1) is 22.5 Å². The second kappa shape index (κ2) is 5.19. The lowest BCUT2D eigenvalue weighted by atomic mass is 10.1. The molecule has 4 rings (SSSR count). The van der Waals surface area contributed by atoms with E-state index in [0.29, 0.717) is 17.1 Å². The van der Waals surface area contributed by atoms with E-state index in [1.54, 1.807) is 32.2 Å². The van der Waals surface area contributed by atoms with E-state index in [9.17, 15) is 19.2 Å². The Morgan fingerprint density at radius 2 is 1.85 bits per heavy atom. The molecule has 1 aromatic carbocycles. The van der Waals surface area contributed by atoms with Gasteiger partial charge in [0.25, 0.3) is 23.3 Å². The molecule has 132 valence electrons. The first-order valence-electron chi connectivity index (χ1n) is 7.79. The molecular weight excluding hydrogens is 340 g/mol. The van der Waals surface area contributed by atoms with E-state index >= 15 is 0 Å². The van der Waals surface area contributed by atoms with Crippen molar-refractivity contribution in [3.63, 3.8) is 0 Å². The molecule has 0 radical (unpaired) electrons. The summed E-state index contributed by atoms with van der Waals surface area (Å²) in [5.74, 6) is -1.19. The van der Waals surface area contributed by atoms with E-state index in [0.717, 1.165) is 10.6 Å². The van der Waals surface area contributed by atoms with Crippen molar-refractivity contribution in [3.05, 3.63) is 45.7 Å². The second-order valence-corrected chi connectivity index (χ2v) is 6.08. The molecule has 3 amide bonds. The third-order valence-electron chi connectivity index (χ3n) is 4.50. The zero-order valence-corrected chi connectivity index (χ0v) is 13.9. The third kappa shape index (κ3) is 2.03. The highest BCUT2D eigenvalue weighted by molar-refractivity contribution is 6.23. The highest BCUT2D eigenvalue weighted by atomic mass is 16.5. The number of carbonyl (C=O) groups is 3. The number of anilines is 2. The Morgan fingerprint density at radius 3 is 2.58 bits per heavy atom. The van der Waals surface area contributed by atoms with Crippen molar-refractivity contribution in [2.75, 3.05) is 17.7 Å². The summed E-state index contributed by atoms with van der Waals surface area (Å²) >= 11 is 0. The molecule has 0 aliphatic carbocycles. The zero-order valence-electron chi connectivity index (χ0n) is 13.9. The summed E-state index contributed by atoms with van der Waals surface area (Å²) in [5, 5.41) is 2.11. The van der Waals surface area contributed by atoms with Crippen LogP contribution in [0.4, 0.5) is 11.5 Å². The van der Waals surface area contributed by atoms with Crippen molar-refractivity contribution in [1.29, 1.82) is 0 Å². The van der Waals surface area contributed by atoms with Gasteiger partial charge in [-0.15, -0.1) is 0 Å². The molecular formula is C17H14N4O5. The van der Waals surface area contributed by atoms with Crippen LogP contribution in [0.2, 0.25) is 0 Å². The number of nitrogens with two attached hydrogens (primary N) is 1. The maximum absolute atomic E-state index is 12.5. The fraction of sp³-hybridized carbons (Fsp3) is 0.176. The average Bonchev–Trinajstić information content (AvgIpc) is 2.87. The Hall–Kier alpha value is -3.62. The van der Waals surface area contributed by atoms with Crippen LogP contribution < -0.4 is 26.2 Å². The molecule has 0 spiro atoms. The molecule has 2 aliphatic heterocycles. The van der Waals surface area contributed by atoms with Gasteiger partial charge in [-0.25, -0.2) is 0 Å². The van der Waals surface area contributed by atoms with E-state index in [4.69, 9.17) is 10.5 Å². The number of nitrogens with zero attached hydrogens (tertiary/aromatic N) is 2. The largest absolute Gasteiger partial charge is 0.479 e. The van der Waals surface area contributed by atoms with E-state index in [1.807, 2.05) is 0 Å². The number of nitrogen functional groups attached to an aromatic ring is 1. The topological polar surface area (TPSA) is 124 Å². The summed E-state index contributed by atoms with van der Waals surface area (Å²) in [6.07, 6.45) is -0.610. The van der Waals surface area contributed by atoms with E-state index in [2.05, 4.69) is 5.32 Å². The van der Waals surface area contributed by atoms with Crippen LogP contribution in [0.15, 0.2) is 29.1 Å².